The fourth-order valence-electron chi connectivity index (χ4n) is 1.92. The van der Waals surface area contributed by atoms with E-state index in [1.807, 2.05) is 0 Å². The number of benzene rings is 1. The van der Waals surface area contributed by atoms with Crippen LogP contribution in [-0.4, -0.2) is 31.7 Å². The van der Waals surface area contributed by atoms with Crippen LogP contribution < -0.4 is 10.6 Å². The molecule has 0 radical (unpaired) electrons. The van der Waals surface area contributed by atoms with Crippen LogP contribution in [0.25, 0.3) is 0 Å². The lowest BCUT2D eigenvalue weighted by molar-refractivity contribution is -0.117. The molecule has 1 aromatic carbocycles. The smallest absolute Gasteiger partial charge is 0.226 e. The second-order valence-electron chi connectivity index (χ2n) is 4.25. The van der Waals surface area contributed by atoms with Gasteiger partial charge in [0.1, 0.15) is 17.4 Å². The zero-order chi connectivity index (χ0) is 13.7. The van der Waals surface area contributed by atoms with E-state index < -0.39 is 5.82 Å². The summed E-state index contributed by atoms with van der Waals surface area (Å²) >= 11 is 0. The highest BCUT2D eigenvalue weighted by Gasteiger charge is 2.18. The molecule has 1 aliphatic rings. The number of carbonyl (C=O) groups is 1. The summed E-state index contributed by atoms with van der Waals surface area (Å²) in [5, 5.41) is 14.6. The predicted molar refractivity (Wildman–Crippen MR) is 67.0 cm³/mol. The summed E-state index contributed by atoms with van der Waals surface area (Å²) in [6.07, 6.45) is 0.224. The van der Waals surface area contributed by atoms with Gasteiger partial charge in [0.25, 0.3) is 0 Å². The van der Waals surface area contributed by atoms with Crippen molar-refractivity contribution in [3.8, 4) is 6.07 Å². The fourth-order valence-corrected chi connectivity index (χ4v) is 1.92. The standard InChI is InChI=1S/C13H14FN3O2/c14-11-2-1-3-12(10(11)7-15)17-13(18)6-9-8-19-5-4-16-9/h1-3,9,16H,4-6,8H2,(H,17,18). The molecular formula is C13H14FN3O2. The van der Waals surface area contributed by atoms with Gasteiger partial charge in [-0.15, -0.1) is 0 Å². The molecule has 19 heavy (non-hydrogen) atoms. The van der Waals surface area contributed by atoms with Gasteiger partial charge < -0.3 is 15.4 Å². The zero-order valence-corrected chi connectivity index (χ0v) is 10.3. The highest BCUT2D eigenvalue weighted by Crippen LogP contribution is 2.18. The molecule has 0 spiro atoms. The van der Waals surface area contributed by atoms with Crippen molar-refractivity contribution in [2.75, 3.05) is 25.1 Å². The van der Waals surface area contributed by atoms with Crippen LogP contribution >= 0.6 is 0 Å². The van der Waals surface area contributed by atoms with E-state index in [0.717, 1.165) is 0 Å². The van der Waals surface area contributed by atoms with Crippen LogP contribution in [0.5, 0.6) is 0 Å². The molecule has 1 amide bonds. The maximum absolute atomic E-state index is 13.4. The maximum Gasteiger partial charge on any atom is 0.226 e. The number of hydrogen-bond acceptors (Lipinski definition) is 4. The third kappa shape index (κ3) is 3.50. The molecule has 6 heteroatoms. The lowest BCUT2D eigenvalue weighted by Crippen LogP contribution is -2.43. The Labute approximate surface area is 110 Å². The van der Waals surface area contributed by atoms with Gasteiger partial charge in [-0.1, -0.05) is 6.07 Å². The fraction of sp³-hybridized carbons (Fsp3) is 0.385. The van der Waals surface area contributed by atoms with Crippen LogP contribution in [0, 0.1) is 17.1 Å². The van der Waals surface area contributed by atoms with Crippen molar-refractivity contribution in [2.45, 2.75) is 12.5 Å². The van der Waals surface area contributed by atoms with Crippen LogP contribution in [-0.2, 0) is 9.53 Å². The molecule has 1 atom stereocenters. The van der Waals surface area contributed by atoms with Crippen LogP contribution in [0.2, 0.25) is 0 Å². The van der Waals surface area contributed by atoms with Crippen LogP contribution in [0.15, 0.2) is 18.2 Å². The number of carbonyl (C=O) groups excluding carboxylic acids is 1. The summed E-state index contributed by atoms with van der Waals surface area (Å²) in [7, 11) is 0. The summed E-state index contributed by atoms with van der Waals surface area (Å²) in [5.74, 6) is -0.912. The number of hydrogen-bond donors (Lipinski definition) is 2. The van der Waals surface area contributed by atoms with Gasteiger partial charge in [0.15, 0.2) is 0 Å². The lowest BCUT2D eigenvalue weighted by atomic mass is 10.1. The Bertz CT molecular complexity index is 507. The normalized spacial score (nSPS) is 18.6. The van der Waals surface area contributed by atoms with Crippen LogP contribution in [0.1, 0.15) is 12.0 Å². The first-order valence-electron chi connectivity index (χ1n) is 6.00. The second-order valence-corrected chi connectivity index (χ2v) is 4.25. The van der Waals surface area contributed by atoms with Crippen molar-refractivity contribution in [3.63, 3.8) is 0 Å². The molecule has 0 aliphatic carbocycles. The molecule has 2 N–H and O–H groups in total. The first-order valence-corrected chi connectivity index (χ1v) is 6.00. The summed E-state index contributed by atoms with van der Waals surface area (Å²) in [6.45, 7) is 1.82. The molecule has 1 fully saturated rings. The van der Waals surface area contributed by atoms with Crippen molar-refractivity contribution in [2.24, 2.45) is 0 Å². The monoisotopic (exact) mass is 263 g/mol. The minimum Gasteiger partial charge on any atom is -0.378 e. The molecule has 0 saturated carbocycles. The number of morpholine rings is 1. The maximum atomic E-state index is 13.4. The number of ether oxygens (including phenoxy) is 1. The van der Waals surface area contributed by atoms with Crippen molar-refractivity contribution < 1.29 is 13.9 Å². The number of amides is 1. The number of rotatable bonds is 3. The van der Waals surface area contributed by atoms with Gasteiger partial charge >= 0.3 is 0 Å². The third-order valence-electron chi connectivity index (χ3n) is 2.83. The molecule has 1 aliphatic heterocycles. The zero-order valence-electron chi connectivity index (χ0n) is 10.3. The average Bonchev–Trinajstić information content (AvgIpc) is 2.40. The first kappa shape index (κ1) is 13.5. The summed E-state index contributed by atoms with van der Waals surface area (Å²) in [4.78, 5) is 11.8. The number of nitrogens with one attached hydrogen (secondary N) is 2. The van der Waals surface area contributed by atoms with Crippen molar-refractivity contribution >= 4 is 11.6 Å². The topological polar surface area (TPSA) is 74.2 Å². The molecule has 1 aromatic rings. The molecule has 100 valence electrons. The van der Waals surface area contributed by atoms with E-state index in [4.69, 9.17) is 10.00 Å². The van der Waals surface area contributed by atoms with Gasteiger partial charge in [0, 0.05) is 19.0 Å². The van der Waals surface area contributed by atoms with Gasteiger partial charge in [-0.05, 0) is 12.1 Å². The minimum absolute atomic E-state index is 0.0483. The lowest BCUT2D eigenvalue weighted by Gasteiger charge is -2.23. The Morgan fingerprint density at radius 2 is 2.47 bits per heavy atom. The second kappa shape index (κ2) is 6.27. The number of halogens is 1. The highest BCUT2D eigenvalue weighted by atomic mass is 19.1. The van der Waals surface area contributed by atoms with E-state index in [-0.39, 0.29) is 29.6 Å². The Kier molecular flexibility index (Phi) is 4.44. The molecule has 5 nitrogen and oxygen atoms in total. The Morgan fingerprint density at radius 1 is 1.63 bits per heavy atom. The average molecular weight is 263 g/mol. The van der Waals surface area contributed by atoms with E-state index >= 15 is 0 Å². The summed E-state index contributed by atoms with van der Waals surface area (Å²) in [6, 6.07) is 5.84. The van der Waals surface area contributed by atoms with E-state index in [1.165, 1.54) is 18.2 Å². The molecular weight excluding hydrogens is 249 g/mol. The Morgan fingerprint density at radius 3 is 3.16 bits per heavy atom. The van der Waals surface area contributed by atoms with Crippen LogP contribution in [0.4, 0.5) is 10.1 Å². The molecule has 0 aromatic heterocycles. The Balaban J connectivity index is 1.99. The SMILES string of the molecule is N#Cc1c(F)cccc1NC(=O)CC1COCCN1. The number of nitrogens with zero attached hydrogens (tertiary/aromatic N) is 1. The first-order chi connectivity index (χ1) is 9.20. The van der Waals surface area contributed by atoms with Gasteiger partial charge in [0.05, 0.1) is 18.9 Å². The largest absolute Gasteiger partial charge is 0.378 e. The number of anilines is 1. The van der Waals surface area contributed by atoms with Gasteiger partial charge in [-0.2, -0.15) is 5.26 Å². The van der Waals surface area contributed by atoms with Crippen molar-refractivity contribution in [3.05, 3.63) is 29.6 Å². The number of nitriles is 1. The summed E-state index contributed by atoms with van der Waals surface area (Å²) in [5.41, 5.74) is 0.0490. The molecule has 2 rings (SSSR count). The quantitative estimate of drug-likeness (QED) is 0.853. The van der Waals surface area contributed by atoms with Gasteiger partial charge in [-0.3, -0.25) is 4.79 Å². The molecule has 1 unspecified atom stereocenters. The third-order valence-corrected chi connectivity index (χ3v) is 2.83. The van der Waals surface area contributed by atoms with E-state index in [9.17, 15) is 9.18 Å². The van der Waals surface area contributed by atoms with E-state index in [2.05, 4.69) is 10.6 Å². The Hall–Kier alpha value is -1.97. The van der Waals surface area contributed by atoms with E-state index in [0.29, 0.717) is 19.8 Å². The predicted octanol–water partition coefficient (Wildman–Crippen LogP) is 1.01. The van der Waals surface area contributed by atoms with Crippen molar-refractivity contribution in [1.82, 2.24) is 5.32 Å². The minimum atomic E-state index is -0.639. The summed E-state index contributed by atoms with van der Waals surface area (Å²) < 4.78 is 18.6. The van der Waals surface area contributed by atoms with Gasteiger partial charge in [-0.25, -0.2) is 4.39 Å². The molecule has 0 bridgehead atoms. The van der Waals surface area contributed by atoms with Crippen molar-refractivity contribution in [1.29, 1.82) is 5.26 Å². The van der Waals surface area contributed by atoms with Gasteiger partial charge in [0.2, 0.25) is 5.91 Å². The van der Waals surface area contributed by atoms with E-state index in [1.54, 1.807) is 6.07 Å². The highest BCUT2D eigenvalue weighted by molar-refractivity contribution is 5.92. The molecule has 1 heterocycles. The molecule has 1 saturated heterocycles. The van der Waals surface area contributed by atoms with Crippen LogP contribution in [0.3, 0.4) is 0 Å².